The lowest BCUT2D eigenvalue weighted by Crippen LogP contribution is -2.37. The van der Waals surface area contributed by atoms with Crippen molar-refractivity contribution in [2.75, 3.05) is 6.54 Å². The average molecular weight is 347 g/mol. The summed E-state index contributed by atoms with van der Waals surface area (Å²) >= 11 is 0.837. The molecule has 1 aliphatic rings. The summed E-state index contributed by atoms with van der Waals surface area (Å²) < 4.78 is 5.16. The fourth-order valence-corrected chi connectivity index (χ4v) is 2.98. The Hall–Kier alpha value is -2.08. The summed E-state index contributed by atoms with van der Waals surface area (Å²) in [5.74, 6) is -1.06. The van der Waals surface area contributed by atoms with Crippen molar-refractivity contribution in [3.63, 3.8) is 0 Å². The summed E-state index contributed by atoms with van der Waals surface area (Å²) in [6.07, 6.45) is 2.60. The Labute approximate surface area is 146 Å². The molecule has 0 N–H and O–H groups in total. The number of ether oxygens (including phenoxy) is 1. The molecule has 128 valence electrons. The van der Waals surface area contributed by atoms with Crippen molar-refractivity contribution in [3.05, 3.63) is 40.3 Å². The van der Waals surface area contributed by atoms with E-state index >= 15 is 0 Å². The fourth-order valence-electron chi connectivity index (χ4n) is 2.14. The third kappa shape index (κ3) is 4.71. The highest BCUT2D eigenvalue weighted by atomic mass is 32.2. The Balaban J connectivity index is 2.10. The second kappa shape index (κ2) is 7.21. The number of amides is 2. The van der Waals surface area contributed by atoms with Crippen molar-refractivity contribution in [2.24, 2.45) is 0 Å². The van der Waals surface area contributed by atoms with Crippen LogP contribution < -0.4 is 0 Å². The summed E-state index contributed by atoms with van der Waals surface area (Å²) in [6.45, 7) is 6.90. The molecule has 1 aromatic rings. The van der Waals surface area contributed by atoms with Gasteiger partial charge in [0.2, 0.25) is 0 Å². The van der Waals surface area contributed by atoms with E-state index < -0.39 is 22.7 Å². The molecule has 1 aliphatic heterocycles. The van der Waals surface area contributed by atoms with Crippen LogP contribution in [0.1, 0.15) is 38.8 Å². The summed E-state index contributed by atoms with van der Waals surface area (Å²) in [5, 5.41) is -0.456. The summed E-state index contributed by atoms with van der Waals surface area (Å²) in [6, 6.07) is 7.77. The van der Waals surface area contributed by atoms with E-state index in [1.165, 1.54) is 5.56 Å². The van der Waals surface area contributed by atoms with Gasteiger partial charge in [-0.2, -0.15) is 0 Å². The summed E-state index contributed by atoms with van der Waals surface area (Å²) in [7, 11) is 0. The molecule has 0 radical (unpaired) electrons. The van der Waals surface area contributed by atoms with E-state index in [2.05, 4.69) is 6.92 Å². The second-order valence-electron chi connectivity index (χ2n) is 6.45. The van der Waals surface area contributed by atoms with Gasteiger partial charge in [-0.3, -0.25) is 19.3 Å². The molecule has 0 saturated carbocycles. The Morgan fingerprint density at radius 2 is 1.83 bits per heavy atom. The van der Waals surface area contributed by atoms with E-state index in [0.29, 0.717) is 4.91 Å². The normalized spacial score (nSPS) is 16.8. The maximum absolute atomic E-state index is 12.4. The lowest BCUT2D eigenvalue weighted by atomic mass is 10.1. The summed E-state index contributed by atoms with van der Waals surface area (Å²) in [5.41, 5.74) is 1.38. The fraction of sp³-hybridized carbons (Fsp3) is 0.389. The zero-order chi connectivity index (χ0) is 17.9. The number of imide groups is 1. The SMILES string of the molecule is CCc1ccc(/C=C2\SC(=O)N(CC(=O)OC(C)(C)C)C2=O)cc1. The van der Waals surface area contributed by atoms with Gasteiger partial charge in [0.05, 0.1) is 4.91 Å². The molecule has 1 saturated heterocycles. The van der Waals surface area contributed by atoms with Crippen LogP contribution in [0, 0.1) is 0 Å². The largest absolute Gasteiger partial charge is 0.459 e. The van der Waals surface area contributed by atoms with Crippen LogP contribution in [0.2, 0.25) is 0 Å². The van der Waals surface area contributed by atoms with E-state index in [0.717, 1.165) is 28.6 Å². The summed E-state index contributed by atoms with van der Waals surface area (Å²) in [4.78, 5) is 37.4. The first-order valence-electron chi connectivity index (χ1n) is 7.76. The molecule has 2 amide bonds. The second-order valence-corrected chi connectivity index (χ2v) is 7.44. The van der Waals surface area contributed by atoms with Gasteiger partial charge in [-0.15, -0.1) is 0 Å². The van der Waals surface area contributed by atoms with Crippen LogP contribution in [0.15, 0.2) is 29.2 Å². The number of benzene rings is 1. The van der Waals surface area contributed by atoms with E-state index in [9.17, 15) is 14.4 Å². The molecule has 6 heteroatoms. The van der Waals surface area contributed by atoms with E-state index in [-0.39, 0.29) is 6.54 Å². The predicted molar refractivity (Wildman–Crippen MR) is 94.3 cm³/mol. The molecule has 1 heterocycles. The molecule has 0 unspecified atom stereocenters. The molecule has 1 aromatic carbocycles. The lowest BCUT2D eigenvalue weighted by molar-refractivity contribution is -0.156. The first-order chi connectivity index (χ1) is 11.2. The molecule has 2 rings (SSSR count). The first-order valence-corrected chi connectivity index (χ1v) is 8.57. The number of nitrogens with zero attached hydrogens (tertiary/aromatic N) is 1. The van der Waals surface area contributed by atoms with Crippen molar-refractivity contribution in [3.8, 4) is 0 Å². The van der Waals surface area contributed by atoms with Crippen molar-refractivity contribution in [2.45, 2.75) is 39.7 Å². The van der Waals surface area contributed by atoms with Crippen LogP contribution >= 0.6 is 11.8 Å². The van der Waals surface area contributed by atoms with E-state index in [1.807, 2.05) is 24.3 Å². The smallest absolute Gasteiger partial charge is 0.326 e. The van der Waals surface area contributed by atoms with Crippen LogP contribution in [0.4, 0.5) is 4.79 Å². The number of hydrogen-bond acceptors (Lipinski definition) is 5. The van der Waals surface area contributed by atoms with Gasteiger partial charge in [-0.1, -0.05) is 31.2 Å². The molecular formula is C18H21NO4S. The highest BCUT2D eigenvalue weighted by Gasteiger charge is 2.37. The highest BCUT2D eigenvalue weighted by Crippen LogP contribution is 2.32. The van der Waals surface area contributed by atoms with E-state index in [1.54, 1.807) is 26.8 Å². The van der Waals surface area contributed by atoms with Gasteiger partial charge in [0.15, 0.2) is 0 Å². The molecule has 24 heavy (non-hydrogen) atoms. The van der Waals surface area contributed by atoms with Gasteiger partial charge < -0.3 is 4.74 Å². The van der Waals surface area contributed by atoms with Gasteiger partial charge >= 0.3 is 5.97 Å². The molecule has 5 nitrogen and oxygen atoms in total. The first kappa shape index (κ1) is 18.3. The topological polar surface area (TPSA) is 63.7 Å². The van der Waals surface area contributed by atoms with Gasteiger partial charge in [-0.05, 0) is 56.2 Å². The Morgan fingerprint density at radius 1 is 1.21 bits per heavy atom. The van der Waals surface area contributed by atoms with Crippen molar-refractivity contribution < 1.29 is 19.1 Å². The minimum Gasteiger partial charge on any atom is -0.459 e. The van der Waals surface area contributed by atoms with Crippen LogP contribution in [0.25, 0.3) is 6.08 Å². The van der Waals surface area contributed by atoms with Crippen molar-refractivity contribution in [1.29, 1.82) is 0 Å². The number of esters is 1. The number of aryl methyl sites for hydroxylation is 1. The number of carbonyl (C=O) groups is 3. The average Bonchev–Trinajstić information content (AvgIpc) is 2.74. The van der Waals surface area contributed by atoms with Crippen LogP contribution in [-0.2, 0) is 20.7 Å². The van der Waals surface area contributed by atoms with Gasteiger partial charge in [0.25, 0.3) is 11.1 Å². The molecule has 0 aliphatic carbocycles. The van der Waals surface area contributed by atoms with Gasteiger partial charge in [0.1, 0.15) is 12.1 Å². The van der Waals surface area contributed by atoms with Crippen LogP contribution in [-0.4, -0.2) is 34.2 Å². The highest BCUT2D eigenvalue weighted by molar-refractivity contribution is 8.18. The zero-order valence-corrected chi connectivity index (χ0v) is 15.1. The molecule has 0 aromatic heterocycles. The molecule has 0 bridgehead atoms. The molecular weight excluding hydrogens is 326 g/mol. The van der Waals surface area contributed by atoms with Crippen LogP contribution in [0.3, 0.4) is 0 Å². The Morgan fingerprint density at radius 3 is 2.38 bits per heavy atom. The molecule has 1 fully saturated rings. The van der Waals surface area contributed by atoms with E-state index in [4.69, 9.17) is 4.74 Å². The van der Waals surface area contributed by atoms with Crippen molar-refractivity contribution in [1.82, 2.24) is 4.90 Å². The third-order valence-electron chi connectivity index (χ3n) is 3.27. The number of thioether (sulfide) groups is 1. The van der Waals surface area contributed by atoms with Crippen LogP contribution in [0.5, 0.6) is 0 Å². The number of carbonyl (C=O) groups excluding carboxylic acids is 3. The Bertz CT molecular complexity index is 686. The predicted octanol–water partition coefficient (Wildman–Crippen LogP) is 3.63. The quantitative estimate of drug-likeness (QED) is 0.615. The third-order valence-corrected chi connectivity index (χ3v) is 4.17. The maximum Gasteiger partial charge on any atom is 0.326 e. The van der Waals surface area contributed by atoms with Gasteiger partial charge in [-0.25, -0.2) is 0 Å². The minimum atomic E-state index is -0.657. The number of rotatable bonds is 4. The minimum absolute atomic E-state index is 0.313. The Kier molecular flexibility index (Phi) is 5.49. The standard InChI is InChI=1S/C18H21NO4S/c1-5-12-6-8-13(9-7-12)10-14-16(21)19(17(22)24-14)11-15(20)23-18(2,3)4/h6-10H,5,11H2,1-4H3/b14-10-. The monoisotopic (exact) mass is 347 g/mol. The van der Waals surface area contributed by atoms with Gasteiger partial charge in [0, 0.05) is 0 Å². The zero-order valence-electron chi connectivity index (χ0n) is 14.3. The lowest BCUT2D eigenvalue weighted by Gasteiger charge is -2.21. The molecule has 0 atom stereocenters. The van der Waals surface area contributed by atoms with Crippen molar-refractivity contribution >= 4 is 35.0 Å². The molecule has 0 spiro atoms. The maximum atomic E-state index is 12.4. The number of hydrogen-bond donors (Lipinski definition) is 0.